The Bertz CT molecular complexity index is 457. The van der Waals surface area contributed by atoms with Gasteiger partial charge in [-0.2, -0.15) is 0 Å². The van der Waals surface area contributed by atoms with Crippen LogP contribution in [0.15, 0.2) is 24.3 Å². The molecule has 4 nitrogen and oxygen atoms in total. The zero-order valence-electron chi connectivity index (χ0n) is 12.7. The van der Waals surface area contributed by atoms with E-state index in [1.807, 2.05) is 6.92 Å². The number of benzene rings is 1. The molecule has 0 saturated carbocycles. The lowest BCUT2D eigenvalue weighted by atomic mass is 9.89. The molecule has 1 atom stereocenters. The molecule has 1 aliphatic heterocycles. The molecular formula is C16H25N3O. The lowest BCUT2D eigenvalue weighted by Crippen LogP contribution is -2.39. The molecule has 1 aromatic rings. The molecule has 1 heterocycles. The van der Waals surface area contributed by atoms with Crippen LogP contribution in [0.1, 0.15) is 25.8 Å². The van der Waals surface area contributed by atoms with E-state index in [-0.39, 0.29) is 11.3 Å². The maximum Gasteiger partial charge on any atom is 0.227 e. The highest BCUT2D eigenvalue weighted by Gasteiger charge is 2.39. The smallest absolute Gasteiger partial charge is 0.227 e. The second-order valence-electron chi connectivity index (χ2n) is 5.76. The summed E-state index contributed by atoms with van der Waals surface area (Å²) in [4.78, 5) is 14.2. The minimum atomic E-state index is -0.267. The van der Waals surface area contributed by atoms with Gasteiger partial charge in [0.15, 0.2) is 0 Å². The van der Waals surface area contributed by atoms with Crippen molar-refractivity contribution in [3.63, 3.8) is 0 Å². The molecule has 1 saturated heterocycles. The average molecular weight is 275 g/mol. The third-order valence-corrected chi connectivity index (χ3v) is 4.13. The van der Waals surface area contributed by atoms with E-state index >= 15 is 0 Å². The second kappa shape index (κ2) is 6.27. The quantitative estimate of drug-likeness (QED) is 0.860. The minimum absolute atomic E-state index is 0.142. The van der Waals surface area contributed by atoms with Crippen LogP contribution in [0.5, 0.6) is 0 Å². The van der Waals surface area contributed by atoms with Gasteiger partial charge in [0.25, 0.3) is 0 Å². The van der Waals surface area contributed by atoms with Crippen LogP contribution in [0.25, 0.3) is 0 Å². The van der Waals surface area contributed by atoms with E-state index in [1.54, 1.807) is 7.05 Å². The fraction of sp³-hybridized carbons (Fsp3) is 0.562. The van der Waals surface area contributed by atoms with Gasteiger partial charge in [0.2, 0.25) is 5.91 Å². The van der Waals surface area contributed by atoms with Gasteiger partial charge in [-0.15, -0.1) is 0 Å². The molecule has 0 aromatic heterocycles. The molecule has 0 radical (unpaired) electrons. The molecule has 4 heteroatoms. The number of anilines is 1. The molecule has 1 aliphatic rings. The molecule has 1 amide bonds. The Morgan fingerprint density at radius 1 is 1.35 bits per heavy atom. The van der Waals surface area contributed by atoms with Crippen molar-refractivity contribution in [2.24, 2.45) is 5.41 Å². The van der Waals surface area contributed by atoms with Crippen molar-refractivity contribution in [1.29, 1.82) is 0 Å². The predicted molar refractivity (Wildman–Crippen MR) is 82.8 cm³/mol. The second-order valence-corrected chi connectivity index (χ2v) is 5.76. The molecular weight excluding hydrogens is 250 g/mol. The van der Waals surface area contributed by atoms with Crippen LogP contribution in [0, 0.1) is 5.41 Å². The Balaban J connectivity index is 2.01. The van der Waals surface area contributed by atoms with Crippen LogP contribution < -0.4 is 15.5 Å². The van der Waals surface area contributed by atoms with Gasteiger partial charge in [0.1, 0.15) is 0 Å². The molecule has 0 aliphatic carbocycles. The number of amides is 1. The van der Waals surface area contributed by atoms with Crippen LogP contribution >= 0.6 is 0 Å². The Hall–Kier alpha value is -1.55. The van der Waals surface area contributed by atoms with Gasteiger partial charge in [-0.05, 0) is 37.6 Å². The highest BCUT2D eigenvalue weighted by atomic mass is 16.2. The van der Waals surface area contributed by atoms with Crippen molar-refractivity contribution in [1.82, 2.24) is 10.6 Å². The molecule has 110 valence electrons. The maximum atomic E-state index is 11.9. The van der Waals surface area contributed by atoms with Crippen molar-refractivity contribution in [2.45, 2.75) is 26.8 Å². The molecule has 0 bridgehead atoms. The van der Waals surface area contributed by atoms with Gasteiger partial charge in [0.05, 0.1) is 5.41 Å². The largest absolute Gasteiger partial charge is 0.370 e. The first kappa shape index (κ1) is 14.9. The fourth-order valence-electron chi connectivity index (χ4n) is 2.76. The van der Waals surface area contributed by atoms with Gasteiger partial charge in [-0.1, -0.05) is 19.1 Å². The van der Waals surface area contributed by atoms with Gasteiger partial charge < -0.3 is 15.5 Å². The first-order chi connectivity index (χ1) is 9.59. The predicted octanol–water partition coefficient (Wildman–Crippen LogP) is 1.76. The third kappa shape index (κ3) is 3.12. The molecule has 2 N–H and O–H groups in total. The Morgan fingerprint density at radius 2 is 2.05 bits per heavy atom. The van der Waals surface area contributed by atoms with E-state index in [1.165, 1.54) is 11.3 Å². The first-order valence-corrected chi connectivity index (χ1v) is 7.36. The lowest BCUT2D eigenvalue weighted by Gasteiger charge is -2.24. The van der Waals surface area contributed by atoms with Crippen molar-refractivity contribution in [3.8, 4) is 0 Å². The van der Waals surface area contributed by atoms with Crippen molar-refractivity contribution >= 4 is 11.6 Å². The number of hydrogen-bond acceptors (Lipinski definition) is 3. The summed E-state index contributed by atoms with van der Waals surface area (Å²) in [5, 5.41) is 6.10. The van der Waals surface area contributed by atoms with Gasteiger partial charge in [-0.25, -0.2) is 0 Å². The molecule has 0 spiro atoms. The van der Waals surface area contributed by atoms with E-state index < -0.39 is 0 Å². The average Bonchev–Trinajstić information content (AvgIpc) is 2.88. The zero-order valence-corrected chi connectivity index (χ0v) is 12.7. The first-order valence-electron chi connectivity index (χ1n) is 7.36. The van der Waals surface area contributed by atoms with Crippen LogP contribution in [0.2, 0.25) is 0 Å². The van der Waals surface area contributed by atoms with Gasteiger partial charge in [0, 0.05) is 32.4 Å². The number of nitrogens with zero attached hydrogens (tertiary/aromatic N) is 1. The molecule has 1 aromatic carbocycles. The summed E-state index contributed by atoms with van der Waals surface area (Å²) in [6.07, 6.45) is 0.909. The van der Waals surface area contributed by atoms with Crippen LogP contribution in [-0.2, 0) is 11.3 Å². The van der Waals surface area contributed by atoms with Crippen molar-refractivity contribution in [2.75, 3.05) is 31.6 Å². The van der Waals surface area contributed by atoms with Crippen LogP contribution in [0.4, 0.5) is 5.69 Å². The molecule has 1 unspecified atom stereocenters. The van der Waals surface area contributed by atoms with E-state index in [9.17, 15) is 4.79 Å². The standard InChI is InChI=1S/C16H25N3O/c1-4-18-11-13-5-7-14(8-6-13)19-10-9-16(2,12-19)15(20)17-3/h5-8,18H,4,9-12H2,1-3H3,(H,17,20). The molecule has 1 fully saturated rings. The summed E-state index contributed by atoms with van der Waals surface area (Å²) in [7, 11) is 1.71. The lowest BCUT2D eigenvalue weighted by molar-refractivity contribution is -0.128. The zero-order chi connectivity index (χ0) is 14.6. The minimum Gasteiger partial charge on any atom is -0.370 e. The Morgan fingerprint density at radius 3 is 2.65 bits per heavy atom. The highest BCUT2D eigenvalue weighted by molar-refractivity contribution is 5.83. The summed E-state index contributed by atoms with van der Waals surface area (Å²) >= 11 is 0. The van der Waals surface area contributed by atoms with E-state index in [0.717, 1.165) is 32.6 Å². The summed E-state index contributed by atoms with van der Waals surface area (Å²) in [5.74, 6) is 0.142. The van der Waals surface area contributed by atoms with Crippen molar-refractivity contribution in [3.05, 3.63) is 29.8 Å². The summed E-state index contributed by atoms with van der Waals surface area (Å²) in [5.41, 5.74) is 2.23. The normalized spacial score (nSPS) is 22.1. The number of nitrogens with one attached hydrogen (secondary N) is 2. The topological polar surface area (TPSA) is 44.4 Å². The Kier molecular flexibility index (Phi) is 4.65. The maximum absolute atomic E-state index is 11.9. The van der Waals surface area contributed by atoms with E-state index in [0.29, 0.717) is 0 Å². The van der Waals surface area contributed by atoms with Gasteiger partial charge >= 0.3 is 0 Å². The summed E-state index contributed by atoms with van der Waals surface area (Å²) in [6.45, 7) is 7.78. The van der Waals surface area contributed by atoms with E-state index in [4.69, 9.17) is 0 Å². The Labute approximate surface area is 121 Å². The molecule has 20 heavy (non-hydrogen) atoms. The van der Waals surface area contributed by atoms with E-state index in [2.05, 4.69) is 46.7 Å². The molecule has 2 rings (SSSR count). The number of hydrogen-bond donors (Lipinski definition) is 2. The third-order valence-electron chi connectivity index (χ3n) is 4.13. The monoisotopic (exact) mass is 275 g/mol. The van der Waals surface area contributed by atoms with Crippen LogP contribution in [-0.4, -0.2) is 32.6 Å². The van der Waals surface area contributed by atoms with Crippen molar-refractivity contribution < 1.29 is 4.79 Å². The number of carbonyl (C=O) groups is 1. The fourth-order valence-corrected chi connectivity index (χ4v) is 2.76. The summed E-state index contributed by atoms with van der Waals surface area (Å²) < 4.78 is 0. The van der Waals surface area contributed by atoms with Gasteiger partial charge in [-0.3, -0.25) is 4.79 Å². The van der Waals surface area contributed by atoms with Crippen LogP contribution in [0.3, 0.4) is 0 Å². The summed E-state index contributed by atoms with van der Waals surface area (Å²) in [6, 6.07) is 8.63. The number of carbonyl (C=O) groups excluding carboxylic acids is 1. The highest BCUT2D eigenvalue weighted by Crippen LogP contribution is 2.33. The SMILES string of the molecule is CCNCc1ccc(N2CCC(C)(C(=O)NC)C2)cc1. The number of rotatable bonds is 5.